The lowest BCUT2D eigenvalue weighted by molar-refractivity contribution is -0.164. The number of esters is 2. The van der Waals surface area contributed by atoms with Gasteiger partial charge in [0.15, 0.2) is 11.9 Å². The highest BCUT2D eigenvalue weighted by atomic mass is 31.2. The van der Waals surface area contributed by atoms with Crippen LogP contribution in [0, 0.1) is 11.8 Å². The Labute approximate surface area is 375 Å². The molecular formula is C47H79O15P. The summed E-state index contributed by atoms with van der Waals surface area (Å²) in [4.78, 5) is 49.9. The molecule has 1 unspecified atom stereocenters. The van der Waals surface area contributed by atoms with Gasteiger partial charge < -0.3 is 45.0 Å². The molecular weight excluding hydrogens is 835 g/mol. The smallest absolute Gasteiger partial charge is 0.462 e. The Balaban J connectivity index is 2.18. The number of phosphoric ester groups is 1. The van der Waals surface area contributed by atoms with Crippen LogP contribution in [0.25, 0.3) is 0 Å². The third kappa shape index (κ3) is 24.0. The minimum Gasteiger partial charge on any atom is -0.462 e. The van der Waals surface area contributed by atoms with Crippen LogP contribution < -0.4 is 0 Å². The quantitative estimate of drug-likeness (QED) is 0.0256. The molecule has 16 heteroatoms. The van der Waals surface area contributed by atoms with E-state index in [2.05, 4.69) is 19.1 Å². The Kier molecular flexibility index (Phi) is 29.6. The molecule has 0 aromatic rings. The molecule has 2 bridgehead atoms. The highest BCUT2D eigenvalue weighted by Gasteiger charge is 2.47. The average molecular weight is 915 g/mol. The molecule has 0 fully saturated rings. The Morgan fingerprint density at radius 3 is 2.11 bits per heavy atom. The second kappa shape index (κ2) is 33.0. The normalized spacial score (nSPS) is 31.2. The molecule has 0 spiro atoms. The number of ketones is 1. The fraction of sp³-hybridized carbons (Fsp3) is 0.766. The zero-order valence-electron chi connectivity index (χ0n) is 37.7. The number of cyclic esters (lactones) is 1. The summed E-state index contributed by atoms with van der Waals surface area (Å²) < 4.78 is 34.7. The number of ether oxygens (including phenoxy) is 2. The van der Waals surface area contributed by atoms with Gasteiger partial charge in [-0.3, -0.25) is 23.4 Å². The van der Waals surface area contributed by atoms with Gasteiger partial charge in [0, 0.05) is 18.8 Å². The molecule has 11 atom stereocenters. The van der Waals surface area contributed by atoms with E-state index < -0.39 is 99.4 Å². The van der Waals surface area contributed by atoms with Crippen molar-refractivity contribution in [2.24, 2.45) is 11.8 Å². The van der Waals surface area contributed by atoms with E-state index in [9.17, 15) is 54.5 Å². The molecule has 63 heavy (non-hydrogen) atoms. The van der Waals surface area contributed by atoms with Crippen LogP contribution in [-0.4, -0.2) is 115 Å². The molecule has 1 aliphatic carbocycles. The summed E-state index contributed by atoms with van der Waals surface area (Å²) in [5, 5.41) is 67.0. The van der Waals surface area contributed by atoms with Crippen molar-refractivity contribution < 1.29 is 73.0 Å². The van der Waals surface area contributed by atoms with Crippen molar-refractivity contribution in [3.8, 4) is 0 Å². The van der Waals surface area contributed by atoms with Gasteiger partial charge in [0.05, 0.1) is 30.8 Å². The number of allylic oxidation sites excluding steroid dienone is 5. The summed E-state index contributed by atoms with van der Waals surface area (Å²) >= 11 is 0. The summed E-state index contributed by atoms with van der Waals surface area (Å²) in [6.07, 6.45) is 14.8. The average Bonchev–Trinajstić information content (AvgIpc) is 3.26. The first-order valence-corrected chi connectivity index (χ1v) is 25.0. The standard InChI is InChI=1S/C47H79O15P/c1-3-5-7-8-9-10-11-12-13-14-15-16-17-18-24-28-41(51)61-37-33-59-40(50)27-23-20-19-22-25-35-29-32-39(49)38(31-30-36(48)26-21-6-4-2)43(53)45(55)47(46(56)44(54)42(35)52)62-63(57,58)60-34-37/h12-13,19,22,29-32,35-38,42-48,52-56H,3-11,14-18,20-21,23-28,33-34H2,1-2H3,(H,57,58)/b13-12-,22-19-,31-30+,32-29-/t35-,36-,37+,38-,42+,43+,44-,45+,46+,47+/m0/s1. The van der Waals surface area contributed by atoms with Crippen molar-refractivity contribution in [2.75, 3.05) is 13.2 Å². The first-order chi connectivity index (χ1) is 30.2. The Hall–Kier alpha value is -2.56. The van der Waals surface area contributed by atoms with Gasteiger partial charge in [-0.15, -0.1) is 0 Å². The maximum Gasteiger partial charge on any atom is 0.472 e. The van der Waals surface area contributed by atoms with Gasteiger partial charge in [0.2, 0.25) is 0 Å². The van der Waals surface area contributed by atoms with Gasteiger partial charge in [-0.2, -0.15) is 0 Å². The maximum atomic E-state index is 13.6. The summed E-state index contributed by atoms with van der Waals surface area (Å²) in [6, 6.07) is 0. The lowest BCUT2D eigenvalue weighted by atomic mass is 9.87. The fourth-order valence-electron chi connectivity index (χ4n) is 7.43. The molecule has 7 N–H and O–H groups in total. The first kappa shape index (κ1) is 56.6. The second-order valence-corrected chi connectivity index (χ2v) is 18.3. The van der Waals surface area contributed by atoms with Crippen molar-refractivity contribution in [1.29, 1.82) is 0 Å². The minimum atomic E-state index is -5.42. The molecule has 0 radical (unpaired) electrons. The van der Waals surface area contributed by atoms with Crippen LogP contribution in [-0.2, 0) is 37.5 Å². The third-order valence-corrected chi connectivity index (χ3v) is 12.4. The molecule has 2 aliphatic rings. The van der Waals surface area contributed by atoms with Crippen molar-refractivity contribution in [3.05, 3.63) is 48.6 Å². The van der Waals surface area contributed by atoms with Crippen LogP contribution >= 0.6 is 7.82 Å². The third-order valence-electron chi connectivity index (χ3n) is 11.4. The minimum absolute atomic E-state index is 0.0160. The Morgan fingerprint density at radius 2 is 1.43 bits per heavy atom. The van der Waals surface area contributed by atoms with E-state index >= 15 is 0 Å². The summed E-state index contributed by atoms with van der Waals surface area (Å²) in [7, 11) is -5.42. The monoisotopic (exact) mass is 915 g/mol. The zero-order valence-corrected chi connectivity index (χ0v) is 38.6. The Bertz CT molecular complexity index is 1450. The molecule has 0 amide bonds. The van der Waals surface area contributed by atoms with Gasteiger partial charge in [-0.05, 0) is 63.9 Å². The van der Waals surface area contributed by atoms with Crippen LogP contribution in [0.5, 0.6) is 0 Å². The largest absolute Gasteiger partial charge is 0.472 e. The molecule has 0 aromatic heterocycles. The molecule has 0 saturated carbocycles. The molecule has 2 rings (SSSR count). The fourth-order valence-corrected chi connectivity index (χ4v) is 8.40. The number of hydrogen-bond donors (Lipinski definition) is 7. The lowest BCUT2D eigenvalue weighted by Gasteiger charge is -2.36. The number of carbonyl (C=O) groups is 3. The van der Waals surface area contributed by atoms with E-state index in [-0.39, 0.29) is 19.3 Å². The van der Waals surface area contributed by atoms with Gasteiger partial charge in [-0.1, -0.05) is 127 Å². The van der Waals surface area contributed by atoms with Crippen LogP contribution in [0.4, 0.5) is 0 Å². The molecule has 1 aliphatic heterocycles. The number of aliphatic hydroxyl groups is 6. The molecule has 0 saturated heterocycles. The van der Waals surface area contributed by atoms with Crippen molar-refractivity contribution in [1.82, 2.24) is 0 Å². The van der Waals surface area contributed by atoms with Crippen LogP contribution in [0.2, 0.25) is 0 Å². The topological polar surface area (TPSA) is 247 Å². The number of aliphatic hydroxyl groups excluding tert-OH is 6. The van der Waals surface area contributed by atoms with Gasteiger partial charge >= 0.3 is 19.8 Å². The predicted molar refractivity (Wildman–Crippen MR) is 239 cm³/mol. The SMILES string of the molecule is CCCCCCCC/C=C\CCCCCCCC(=O)O[C@@H]1COC(=O)CCC/C=C\C[C@H]2/C=C\C(=O)[C@H](/C=C/[C@@H](O)CCCCC)[C@@H](O)[C@@H](O)[C@@H](OP(=O)(O)OC1)[C@H](O)[C@@H](O)[C@@H]2O. The summed E-state index contributed by atoms with van der Waals surface area (Å²) in [6.45, 7) is 2.84. The maximum absolute atomic E-state index is 13.6. The van der Waals surface area contributed by atoms with E-state index in [1.807, 2.05) is 6.92 Å². The van der Waals surface area contributed by atoms with Crippen LogP contribution in [0.1, 0.15) is 155 Å². The van der Waals surface area contributed by atoms with Crippen LogP contribution in [0.15, 0.2) is 48.6 Å². The lowest BCUT2D eigenvalue weighted by Crippen LogP contribution is -2.55. The molecule has 362 valence electrons. The van der Waals surface area contributed by atoms with E-state index in [0.29, 0.717) is 32.1 Å². The van der Waals surface area contributed by atoms with E-state index in [0.717, 1.165) is 57.4 Å². The highest BCUT2D eigenvalue weighted by Crippen LogP contribution is 2.47. The zero-order chi connectivity index (χ0) is 46.5. The first-order valence-electron chi connectivity index (χ1n) is 23.5. The summed E-state index contributed by atoms with van der Waals surface area (Å²) in [5.41, 5.74) is 0. The van der Waals surface area contributed by atoms with Crippen LogP contribution in [0.3, 0.4) is 0 Å². The molecule has 0 aromatic carbocycles. The van der Waals surface area contributed by atoms with Gasteiger partial charge in [0.25, 0.3) is 0 Å². The van der Waals surface area contributed by atoms with E-state index in [1.165, 1.54) is 56.8 Å². The number of unbranched alkanes of at least 4 members (excludes halogenated alkanes) is 13. The van der Waals surface area contributed by atoms with E-state index in [1.54, 1.807) is 12.2 Å². The highest BCUT2D eigenvalue weighted by molar-refractivity contribution is 7.47. The van der Waals surface area contributed by atoms with Gasteiger partial charge in [0.1, 0.15) is 31.0 Å². The van der Waals surface area contributed by atoms with Crippen molar-refractivity contribution in [3.63, 3.8) is 0 Å². The van der Waals surface area contributed by atoms with Gasteiger partial charge in [-0.25, -0.2) is 4.57 Å². The Morgan fingerprint density at radius 1 is 0.810 bits per heavy atom. The number of rotatable bonds is 22. The predicted octanol–water partition coefficient (Wildman–Crippen LogP) is 6.78. The summed E-state index contributed by atoms with van der Waals surface area (Å²) in [5.74, 6) is -4.67. The molecule has 15 nitrogen and oxygen atoms in total. The number of hydrogen-bond acceptors (Lipinski definition) is 14. The number of carbonyl (C=O) groups excluding carboxylic acids is 3. The van der Waals surface area contributed by atoms with E-state index in [4.69, 9.17) is 18.5 Å². The number of fused-ring (bicyclic) bond motifs is 4. The second-order valence-electron chi connectivity index (χ2n) is 16.9. The van der Waals surface area contributed by atoms with Crippen molar-refractivity contribution >= 4 is 25.5 Å². The number of phosphoric acid groups is 1. The van der Waals surface area contributed by atoms with Crippen molar-refractivity contribution in [2.45, 2.75) is 204 Å². The molecule has 1 heterocycles.